The van der Waals surface area contributed by atoms with Gasteiger partial charge in [-0.2, -0.15) is 18.5 Å². The van der Waals surface area contributed by atoms with Gasteiger partial charge in [0, 0.05) is 5.82 Å². The Morgan fingerprint density at radius 2 is 2.00 bits per heavy atom. The number of hydrogen-bond donors (Lipinski definition) is 0. The van der Waals surface area contributed by atoms with Crippen molar-refractivity contribution in [1.29, 1.82) is 0 Å². The summed E-state index contributed by atoms with van der Waals surface area (Å²) in [6.07, 6.45) is 0. The van der Waals surface area contributed by atoms with E-state index >= 15 is 0 Å². The average molecular weight is 289 g/mol. The fourth-order valence-electron chi connectivity index (χ4n) is 0.532. The Morgan fingerprint density at radius 3 is 2.36 bits per heavy atom. The summed E-state index contributed by atoms with van der Waals surface area (Å²) in [7, 11) is 0. The average Bonchev–Trinajstić information content (AvgIpc) is 2.04. The molecule has 1 aromatic carbocycles. The van der Waals surface area contributed by atoms with E-state index in [9.17, 15) is 4.39 Å². The predicted molar refractivity (Wildman–Crippen MR) is 44.8 cm³/mol. The topological polar surface area (TPSA) is 0 Å². The van der Waals surface area contributed by atoms with Crippen LogP contribution in [0, 0.1) is 12.7 Å². The van der Waals surface area contributed by atoms with Crippen molar-refractivity contribution in [2.45, 2.75) is 0 Å². The third-order valence-corrected chi connectivity index (χ3v) is 1.42. The Balaban J connectivity index is 0.000000461. The van der Waals surface area contributed by atoms with Crippen molar-refractivity contribution in [3.05, 3.63) is 41.5 Å². The standard InChI is InChI=1S/C7H5ClF.BrH.Zn/c1-5-6(8)3-2-4-7(5)9;;/h2-4H,1H2;1H;/q-1;;+2/p-1. The Labute approximate surface area is 87.2 Å². The molecule has 0 aromatic heterocycles. The van der Waals surface area contributed by atoms with Gasteiger partial charge in [-0.05, 0) is 0 Å². The fourth-order valence-corrected chi connectivity index (χ4v) is 0.695. The van der Waals surface area contributed by atoms with Gasteiger partial charge in [0.05, 0.1) is 0 Å². The molecular formula is C7H5BrClFZn. The molecule has 11 heavy (non-hydrogen) atoms. The van der Waals surface area contributed by atoms with Crippen LogP contribution in [0.25, 0.3) is 0 Å². The first-order valence-electron chi connectivity index (χ1n) is 2.74. The van der Waals surface area contributed by atoms with E-state index in [4.69, 9.17) is 11.6 Å². The Hall–Kier alpha value is 0.413. The molecule has 0 bridgehead atoms. The molecule has 0 aliphatic carbocycles. The molecule has 0 N–H and O–H groups in total. The molecule has 0 aliphatic rings. The second-order valence-electron chi connectivity index (χ2n) is 1.70. The number of rotatable bonds is 0. The van der Waals surface area contributed by atoms with Gasteiger partial charge in [0.1, 0.15) is 0 Å². The molecule has 0 fully saturated rings. The Kier molecular flexibility index (Phi) is 6.21. The van der Waals surface area contributed by atoms with Crippen LogP contribution in [-0.4, -0.2) is 0 Å². The number of halogens is 3. The van der Waals surface area contributed by atoms with E-state index in [1.807, 2.05) is 0 Å². The van der Waals surface area contributed by atoms with E-state index in [0.29, 0.717) is 5.02 Å². The normalized spacial score (nSPS) is 8.45. The molecule has 0 unspecified atom stereocenters. The van der Waals surface area contributed by atoms with Gasteiger partial charge in [-0.25, -0.2) is 0 Å². The van der Waals surface area contributed by atoms with Crippen molar-refractivity contribution in [1.82, 2.24) is 0 Å². The molecule has 0 nitrogen and oxygen atoms in total. The van der Waals surface area contributed by atoms with Gasteiger partial charge in [0.25, 0.3) is 0 Å². The molecule has 0 spiro atoms. The molecule has 1 rings (SSSR count). The zero-order chi connectivity index (χ0) is 8.85. The second-order valence-corrected chi connectivity index (χ2v) is 2.11. The van der Waals surface area contributed by atoms with Crippen molar-refractivity contribution in [2.24, 2.45) is 0 Å². The molecular weight excluding hydrogens is 284 g/mol. The fraction of sp³-hybridized carbons (Fsp3) is 0. The van der Waals surface area contributed by atoms with Crippen LogP contribution < -0.4 is 0 Å². The molecule has 4 heteroatoms. The van der Waals surface area contributed by atoms with Crippen molar-refractivity contribution in [3.8, 4) is 0 Å². The van der Waals surface area contributed by atoms with Gasteiger partial charge in [-0.1, -0.05) is 17.2 Å². The molecule has 0 atom stereocenters. The zero-order valence-electron chi connectivity index (χ0n) is 5.78. The molecule has 0 saturated heterocycles. The van der Waals surface area contributed by atoms with Crippen LogP contribution in [-0.2, 0) is 16.3 Å². The SMILES string of the molecule is [CH2-]c1c(F)cccc1Cl.[Zn+][Br]. The summed E-state index contributed by atoms with van der Waals surface area (Å²) < 4.78 is 12.4. The summed E-state index contributed by atoms with van der Waals surface area (Å²) in [4.78, 5) is 0. The minimum absolute atomic E-state index is 0.263. The number of benzene rings is 1. The summed E-state index contributed by atoms with van der Waals surface area (Å²) in [6.45, 7) is 3.41. The molecule has 1 aromatic rings. The van der Waals surface area contributed by atoms with Gasteiger partial charge in [0.15, 0.2) is 0 Å². The van der Waals surface area contributed by atoms with E-state index in [-0.39, 0.29) is 11.4 Å². The van der Waals surface area contributed by atoms with E-state index in [1.165, 1.54) is 22.4 Å². The molecule has 0 radical (unpaired) electrons. The predicted octanol–water partition coefficient (Wildman–Crippen LogP) is 3.50. The van der Waals surface area contributed by atoms with Gasteiger partial charge in [0.2, 0.25) is 0 Å². The molecule has 0 aliphatic heterocycles. The Morgan fingerprint density at radius 1 is 1.45 bits per heavy atom. The first kappa shape index (κ1) is 11.4. The Bertz CT molecular complexity index is 209. The summed E-state index contributed by atoms with van der Waals surface area (Å²) >= 11 is 9.76. The van der Waals surface area contributed by atoms with E-state index in [2.05, 4.69) is 20.5 Å². The van der Waals surface area contributed by atoms with E-state index in [0.717, 1.165) is 0 Å². The van der Waals surface area contributed by atoms with Crippen LogP contribution in [0.15, 0.2) is 18.2 Å². The van der Waals surface area contributed by atoms with Crippen molar-refractivity contribution < 1.29 is 20.7 Å². The number of hydrogen-bond acceptors (Lipinski definition) is 0. The van der Waals surface area contributed by atoms with Gasteiger partial charge in [-0.15, -0.1) is 11.6 Å². The summed E-state index contributed by atoms with van der Waals surface area (Å²) in [5, 5.41) is 0.370. The van der Waals surface area contributed by atoms with Gasteiger partial charge >= 0.3 is 30.0 Å². The minimum atomic E-state index is -0.359. The zero-order valence-corrected chi connectivity index (χ0v) is 11.1. The van der Waals surface area contributed by atoms with Crippen molar-refractivity contribution in [3.63, 3.8) is 0 Å². The van der Waals surface area contributed by atoms with Crippen molar-refractivity contribution >= 4 is 25.2 Å². The molecule has 56 valence electrons. The third-order valence-electron chi connectivity index (χ3n) is 1.06. The first-order chi connectivity index (χ1) is 5.22. The third kappa shape index (κ3) is 3.55. The second kappa shape index (κ2) is 5.99. The summed E-state index contributed by atoms with van der Waals surface area (Å²) in [5.74, 6) is -0.359. The van der Waals surface area contributed by atoms with Crippen LogP contribution in [0.2, 0.25) is 5.02 Å². The monoisotopic (exact) mass is 286 g/mol. The van der Waals surface area contributed by atoms with E-state index < -0.39 is 0 Å². The van der Waals surface area contributed by atoms with E-state index in [1.54, 1.807) is 12.1 Å². The molecule has 0 saturated carbocycles. The van der Waals surface area contributed by atoms with Gasteiger partial charge < -0.3 is 0 Å². The van der Waals surface area contributed by atoms with Crippen LogP contribution in [0.1, 0.15) is 5.56 Å². The quantitative estimate of drug-likeness (QED) is 0.506. The molecule has 0 heterocycles. The van der Waals surface area contributed by atoms with Crippen LogP contribution in [0.4, 0.5) is 4.39 Å². The van der Waals surface area contributed by atoms with Crippen LogP contribution in [0.3, 0.4) is 0 Å². The van der Waals surface area contributed by atoms with Crippen molar-refractivity contribution in [2.75, 3.05) is 0 Å². The summed E-state index contributed by atoms with van der Waals surface area (Å²) in [5.41, 5.74) is 0.263. The summed E-state index contributed by atoms with van der Waals surface area (Å²) in [6, 6.07) is 4.48. The van der Waals surface area contributed by atoms with Crippen LogP contribution in [0.5, 0.6) is 0 Å². The maximum atomic E-state index is 12.4. The molecule has 0 amide bonds. The maximum absolute atomic E-state index is 12.4. The first-order valence-corrected chi connectivity index (χ1v) is 10.1. The van der Waals surface area contributed by atoms with Gasteiger partial charge in [-0.3, -0.25) is 4.39 Å². The van der Waals surface area contributed by atoms with Crippen LogP contribution >= 0.6 is 25.2 Å².